The van der Waals surface area contributed by atoms with Crippen LogP contribution in [-0.4, -0.2) is 11.7 Å². The number of nitrogens with zero attached hydrogens (tertiary/aromatic N) is 1. The van der Waals surface area contributed by atoms with Gasteiger partial charge in [-0.15, -0.1) is 0 Å². The third-order valence-electron chi connectivity index (χ3n) is 3.70. The molecule has 2 heterocycles. The summed E-state index contributed by atoms with van der Waals surface area (Å²) < 4.78 is 5.54. The molecule has 1 aromatic heterocycles. The van der Waals surface area contributed by atoms with Crippen LogP contribution in [0.15, 0.2) is 4.52 Å². The van der Waals surface area contributed by atoms with Gasteiger partial charge in [0.15, 0.2) is 5.76 Å². The van der Waals surface area contributed by atoms with Crippen LogP contribution >= 0.6 is 0 Å². The monoisotopic (exact) mass is 206 g/mol. The van der Waals surface area contributed by atoms with Crippen molar-refractivity contribution in [1.82, 2.24) is 10.5 Å². The molecule has 0 bridgehead atoms. The Morgan fingerprint density at radius 3 is 3.13 bits per heavy atom. The molecule has 0 saturated carbocycles. The minimum Gasteiger partial charge on any atom is -0.359 e. The first-order valence-electron chi connectivity index (χ1n) is 6.05. The van der Waals surface area contributed by atoms with Crippen LogP contribution in [-0.2, 0) is 12.8 Å². The molecule has 0 amide bonds. The second-order valence-corrected chi connectivity index (χ2v) is 4.97. The lowest BCUT2D eigenvalue weighted by Gasteiger charge is -2.18. The Morgan fingerprint density at radius 1 is 1.40 bits per heavy atom. The van der Waals surface area contributed by atoms with Gasteiger partial charge in [-0.25, -0.2) is 0 Å². The minimum atomic E-state index is 0.437. The van der Waals surface area contributed by atoms with Gasteiger partial charge in [-0.3, -0.25) is 0 Å². The predicted octanol–water partition coefficient (Wildman–Crippen LogP) is 2.22. The van der Waals surface area contributed by atoms with E-state index in [0.717, 1.165) is 31.1 Å². The van der Waals surface area contributed by atoms with Gasteiger partial charge in [-0.2, -0.15) is 0 Å². The highest BCUT2D eigenvalue weighted by molar-refractivity contribution is 5.28. The lowest BCUT2D eigenvalue weighted by Crippen LogP contribution is -2.17. The molecule has 1 saturated heterocycles. The minimum absolute atomic E-state index is 0.437. The molecule has 1 fully saturated rings. The van der Waals surface area contributed by atoms with E-state index < -0.39 is 0 Å². The summed E-state index contributed by atoms with van der Waals surface area (Å²) in [5.41, 5.74) is 2.63. The van der Waals surface area contributed by atoms with Gasteiger partial charge >= 0.3 is 0 Å². The van der Waals surface area contributed by atoms with Gasteiger partial charge in [-0.05, 0) is 44.6 Å². The average molecular weight is 206 g/mol. The Bertz CT molecular complexity index is 353. The second kappa shape index (κ2) is 3.63. The molecule has 0 radical (unpaired) electrons. The fourth-order valence-electron chi connectivity index (χ4n) is 2.79. The molecule has 2 atom stereocenters. The van der Waals surface area contributed by atoms with Crippen molar-refractivity contribution in [3.8, 4) is 0 Å². The van der Waals surface area contributed by atoms with Gasteiger partial charge in [0.2, 0.25) is 0 Å². The highest BCUT2D eigenvalue weighted by Gasteiger charge is 2.29. The van der Waals surface area contributed by atoms with E-state index in [0.29, 0.717) is 6.04 Å². The van der Waals surface area contributed by atoms with E-state index in [1.165, 1.54) is 30.5 Å². The summed E-state index contributed by atoms with van der Waals surface area (Å²) in [5, 5.41) is 7.71. The zero-order chi connectivity index (χ0) is 10.3. The Kier molecular flexibility index (Phi) is 2.28. The van der Waals surface area contributed by atoms with Gasteiger partial charge in [0.1, 0.15) is 0 Å². The predicted molar refractivity (Wildman–Crippen MR) is 57.7 cm³/mol. The molecular formula is C12H18N2O. The topological polar surface area (TPSA) is 38.1 Å². The summed E-state index contributed by atoms with van der Waals surface area (Å²) in [6.07, 6.45) is 5.99. The molecule has 3 rings (SSSR count). The number of aromatic nitrogens is 1. The summed E-state index contributed by atoms with van der Waals surface area (Å²) in [6, 6.07) is 0.437. The number of hydrogen-bond acceptors (Lipinski definition) is 3. The van der Waals surface area contributed by atoms with Crippen LogP contribution in [0.2, 0.25) is 0 Å². The van der Waals surface area contributed by atoms with E-state index in [9.17, 15) is 0 Å². The highest BCUT2D eigenvalue weighted by Crippen LogP contribution is 2.33. The van der Waals surface area contributed by atoms with Crippen molar-refractivity contribution in [2.45, 2.75) is 45.1 Å². The number of fused-ring (bicyclic) bond motifs is 1. The maximum Gasteiger partial charge on any atom is 0.157 e. The zero-order valence-electron chi connectivity index (χ0n) is 9.25. The molecule has 1 aliphatic carbocycles. The van der Waals surface area contributed by atoms with Crippen LogP contribution in [0.3, 0.4) is 0 Å². The Morgan fingerprint density at radius 2 is 2.33 bits per heavy atom. The SMILES string of the molecule is CC1CCc2noc(C3CCCN3)c2C1. The van der Waals surface area contributed by atoms with Crippen molar-refractivity contribution in [3.63, 3.8) is 0 Å². The molecule has 2 unspecified atom stereocenters. The van der Waals surface area contributed by atoms with Crippen molar-refractivity contribution in [2.24, 2.45) is 5.92 Å². The smallest absolute Gasteiger partial charge is 0.157 e. The molecule has 0 spiro atoms. The number of hydrogen-bond donors (Lipinski definition) is 1. The van der Waals surface area contributed by atoms with E-state index in [4.69, 9.17) is 4.52 Å². The van der Waals surface area contributed by atoms with Crippen LogP contribution in [0, 0.1) is 5.92 Å². The van der Waals surface area contributed by atoms with Crippen LogP contribution in [0.5, 0.6) is 0 Å². The van der Waals surface area contributed by atoms with Crippen LogP contribution in [0.25, 0.3) is 0 Å². The Balaban J connectivity index is 1.92. The molecule has 2 aliphatic rings. The normalized spacial score (nSPS) is 30.5. The highest BCUT2D eigenvalue weighted by atomic mass is 16.5. The molecule has 3 heteroatoms. The zero-order valence-corrected chi connectivity index (χ0v) is 9.25. The Labute approximate surface area is 90.2 Å². The maximum atomic E-state index is 5.54. The lowest BCUT2D eigenvalue weighted by atomic mass is 9.87. The van der Waals surface area contributed by atoms with Crippen LogP contribution in [0.1, 0.15) is 49.2 Å². The van der Waals surface area contributed by atoms with Crippen LogP contribution in [0.4, 0.5) is 0 Å². The summed E-state index contributed by atoms with van der Waals surface area (Å²) in [4.78, 5) is 0. The first-order chi connectivity index (χ1) is 7.34. The first-order valence-corrected chi connectivity index (χ1v) is 6.05. The second-order valence-electron chi connectivity index (χ2n) is 4.97. The van der Waals surface area contributed by atoms with Gasteiger partial charge in [-0.1, -0.05) is 12.1 Å². The number of rotatable bonds is 1. The molecule has 1 N–H and O–H groups in total. The molecule has 0 aromatic carbocycles. The molecule has 1 aliphatic heterocycles. The van der Waals surface area contributed by atoms with Crippen molar-refractivity contribution >= 4 is 0 Å². The summed E-state index contributed by atoms with van der Waals surface area (Å²) in [7, 11) is 0. The third-order valence-corrected chi connectivity index (χ3v) is 3.70. The third kappa shape index (κ3) is 1.59. The average Bonchev–Trinajstić information content (AvgIpc) is 2.83. The van der Waals surface area contributed by atoms with E-state index in [1.54, 1.807) is 0 Å². The van der Waals surface area contributed by atoms with Gasteiger partial charge in [0.05, 0.1) is 11.7 Å². The van der Waals surface area contributed by atoms with Crippen molar-refractivity contribution in [1.29, 1.82) is 0 Å². The molecular weight excluding hydrogens is 188 g/mol. The van der Waals surface area contributed by atoms with Crippen molar-refractivity contribution in [2.75, 3.05) is 6.54 Å². The van der Waals surface area contributed by atoms with Crippen molar-refractivity contribution in [3.05, 3.63) is 17.0 Å². The maximum absolute atomic E-state index is 5.54. The van der Waals surface area contributed by atoms with Gasteiger partial charge in [0, 0.05) is 5.56 Å². The van der Waals surface area contributed by atoms with Crippen LogP contribution < -0.4 is 5.32 Å². The summed E-state index contributed by atoms with van der Waals surface area (Å²) >= 11 is 0. The van der Waals surface area contributed by atoms with E-state index in [1.807, 2.05) is 0 Å². The molecule has 1 aromatic rings. The molecule has 15 heavy (non-hydrogen) atoms. The van der Waals surface area contributed by atoms with Gasteiger partial charge in [0.25, 0.3) is 0 Å². The quantitative estimate of drug-likeness (QED) is 0.765. The standard InChI is InChI=1S/C12H18N2O/c1-8-4-5-10-9(7-8)12(15-14-10)11-3-2-6-13-11/h8,11,13H,2-7H2,1H3. The first kappa shape index (κ1) is 9.40. The fraction of sp³-hybridized carbons (Fsp3) is 0.750. The molecule has 82 valence electrons. The van der Waals surface area contributed by atoms with Crippen molar-refractivity contribution < 1.29 is 4.52 Å². The molecule has 3 nitrogen and oxygen atoms in total. The fourth-order valence-corrected chi connectivity index (χ4v) is 2.79. The number of aryl methyl sites for hydroxylation is 1. The van der Waals surface area contributed by atoms with Gasteiger partial charge < -0.3 is 9.84 Å². The largest absolute Gasteiger partial charge is 0.359 e. The number of nitrogens with one attached hydrogen (secondary N) is 1. The lowest BCUT2D eigenvalue weighted by molar-refractivity contribution is 0.346. The van der Waals surface area contributed by atoms with E-state index >= 15 is 0 Å². The van der Waals surface area contributed by atoms with E-state index in [-0.39, 0.29) is 0 Å². The summed E-state index contributed by atoms with van der Waals surface area (Å²) in [6.45, 7) is 3.44. The summed E-state index contributed by atoms with van der Waals surface area (Å²) in [5.74, 6) is 1.92. The Hall–Kier alpha value is -0.830. The van der Waals surface area contributed by atoms with E-state index in [2.05, 4.69) is 17.4 Å².